The van der Waals surface area contributed by atoms with E-state index in [1.54, 1.807) is 17.0 Å². The van der Waals surface area contributed by atoms with Crippen LogP contribution < -0.4 is 10.2 Å². The van der Waals surface area contributed by atoms with E-state index in [1.165, 1.54) is 0 Å². The number of aromatic amines is 1. The van der Waals surface area contributed by atoms with Gasteiger partial charge in [-0.15, -0.1) is 0 Å². The number of cyclic esters (lactones) is 1. The first-order valence-electron chi connectivity index (χ1n) is 8.64. The number of fused-ring (bicyclic) bond motifs is 1. The number of ether oxygens (including phenoxy) is 1. The van der Waals surface area contributed by atoms with Crippen LogP contribution in [0.1, 0.15) is 29.0 Å². The van der Waals surface area contributed by atoms with Crippen molar-refractivity contribution in [1.82, 2.24) is 10.3 Å². The number of H-pyrrole nitrogens is 1. The molecule has 2 N–H and O–H groups in total. The monoisotopic (exact) mass is 383 g/mol. The molecule has 2 heterocycles. The molecule has 1 aliphatic rings. The van der Waals surface area contributed by atoms with Crippen LogP contribution in [0.3, 0.4) is 0 Å². The van der Waals surface area contributed by atoms with E-state index < -0.39 is 0 Å². The summed E-state index contributed by atoms with van der Waals surface area (Å²) in [4.78, 5) is 29.0. The predicted octanol–water partition coefficient (Wildman–Crippen LogP) is 4.27. The third-order valence-corrected chi connectivity index (χ3v) is 4.85. The molecule has 2 aromatic carbocycles. The quantitative estimate of drug-likeness (QED) is 0.706. The van der Waals surface area contributed by atoms with E-state index in [0.29, 0.717) is 23.9 Å². The van der Waals surface area contributed by atoms with Crippen LogP contribution in [0, 0.1) is 0 Å². The van der Waals surface area contributed by atoms with Crippen molar-refractivity contribution in [1.29, 1.82) is 0 Å². The van der Waals surface area contributed by atoms with E-state index in [2.05, 4.69) is 10.3 Å². The lowest BCUT2D eigenvalue weighted by Crippen LogP contribution is -2.27. The molecule has 1 aromatic heterocycles. The van der Waals surface area contributed by atoms with Crippen LogP contribution in [0.15, 0.2) is 48.5 Å². The molecule has 0 bridgehead atoms. The normalized spacial score (nSPS) is 15.0. The Morgan fingerprint density at radius 2 is 2.11 bits per heavy atom. The number of rotatable bonds is 4. The minimum absolute atomic E-state index is 0.208. The van der Waals surface area contributed by atoms with Crippen molar-refractivity contribution in [2.45, 2.75) is 13.0 Å². The van der Waals surface area contributed by atoms with E-state index >= 15 is 0 Å². The number of nitrogens with one attached hydrogen (secondary N) is 2. The summed E-state index contributed by atoms with van der Waals surface area (Å²) in [6, 6.07) is 14.5. The predicted molar refractivity (Wildman–Crippen MR) is 104 cm³/mol. The van der Waals surface area contributed by atoms with Crippen molar-refractivity contribution < 1.29 is 14.3 Å². The first-order valence-corrected chi connectivity index (χ1v) is 9.02. The molecule has 1 atom stereocenters. The summed E-state index contributed by atoms with van der Waals surface area (Å²) in [6.07, 6.45) is -0.347. The fourth-order valence-electron chi connectivity index (χ4n) is 3.17. The van der Waals surface area contributed by atoms with E-state index in [-0.39, 0.29) is 18.0 Å². The molecular weight excluding hydrogens is 366 g/mol. The molecule has 0 saturated carbocycles. The molecule has 6 nitrogen and oxygen atoms in total. The van der Waals surface area contributed by atoms with Crippen molar-refractivity contribution >= 4 is 40.2 Å². The second-order valence-electron chi connectivity index (χ2n) is 6.47. The van der Waals surface area contributed by atoms with E-state index in [9.17, 15) is 9.59 Å². The molecule has 0 aliphatic carbocycles. The van der Waals surface area contributed by atoms with Gasteiger partial charge >= 0.3 is 6.09 Å². The molecule has 27 heavy (non-hydrogen) atoms. The Morgan fingerprint density at radius 1 is 1.26 bits per heavy atom. The molecular formula is C20H18ClN3O3. The molecule has 1 saturated heterocycles. The number of carbonyl (C=O) groups excluding carboxylic acids is 2. The van der Waals surface area contributed by atoms with E-state index in [4.69, 9.17) is 16.3 Å². The fraction of sp³-hybridized carbons (Fsp3) is 0.200. The lowest BCUT2D eigenvalue weighted by atomic mass is 10.1. The second-order valence-corrected chi connectivity index (χ2v) is 6.91. The van der Waals surface area contributed by atoms with Crippen LogP contribution in [-0.4, -0.2) is 30.1 Å². The Labute approximate surface area is 161 Å². The van der Waals surface area contributed by atoms with Crippen molar-refractivity contribution in [3.05, 3.63) is 64.8 Å². The zero-order valence-corrected chi connectivity index (χ0v) is 15.4. The van der Waals surface area contributed by atoms with Gasteiger partial charge in [-0.05, 0) is 48.9 Å². The zero-order chi connectivity index (χ0) is 19.0. The number of benzene rings is 2. The van der Waals surface area contributed by atoms with Gasteiger partial charge in [0.1, 0.15) is 12.3 Å². The van der Waals surface area contributed by atoms with Crippen molar-refractivity contribution in [3.8, 4) is 0 Å². The highest BCUT2D eigenvalue weighted by molar-refractivity contribution is 6.31. The summed E-state index contributed by atoms with van der Waals surface area (Å²) in [5.74, 6) is -0.208. The van der Waals surface area contributed by atoms with Crippen LogP contribution in [0.25, 0.3) is 10.9 Å². The number of aromatic nitrogens is 1. The molecule has 0 radical (unpaired) electrons. The van der Waals surface area contributed by atoms with Crippen LogP contribution in [0.5, 0.6) is 0 Å². The standard InChI is InChI=1S/C20H18ClN3O3/c1-12(13-3-2-4-16(10-13)24-7-8-27-20(24)26)22-19(25)18-11-14-9-15(21)5-6-17(14)23-18/h2-6,9-12,23H,7-8H2,1H3,(H,22,25). The van der Waals surface area contributed by atoms with Gasteiger partial charge in [-0.1, -0.05) is 23.7 Å². The first kappa shape index (κ1) is 17.4. The van der Waals surface area contributed by atoms with Gasteiger partial charge in [0.05, 0.1) is 12.6 Å². The lowest BCUT2D eigenvalue weighted by molar-refractivity contribution is 0.0935. The van der Waals surface area contributed by atoms with Crippen LogP contribution in [-0.2, 0) is 4.74 Å². The average Bonchev–Trinajstić information content (AvgIpc) is 3.27. The molecule has 1 aliphatic heterocycles. The Balaban J connectivity index is 1.51. The van der Waals surface area contributed by atoms with Gasteiger partial charge in [0.25, 0.3) is 5.91 Å². The second kappa shape index (κ2) is 6.96. The number of amides is 2. The molecule has 1 unspecified atom stereocenters. The maximum atomic E-state index is 12.6. The molecule has 3 aromatic rings. The van der Waals surface area contributed by atoms with Crippen LogP contribution in [0.2, 0.25) is 5.02 Å². The van der Waals surface area contributed by atoms with Gasteiger partial charge < -0.3 is 15.0 Å². The minimum atomic E-state index is -0.347. The number of halogens is 1. The van der Waals surface area contributed by atoms with Crippen LogP contribution >= 0.6 is 11.6 Å². The van der Waals surface area contributed by atoms with Gasteiger partial charge in [-0.3, -0.25) is 9.69 Å². The van der Waals surface area contributed by atoms with E-state index in [0.717, 1.165) is 22.2 Å². The number of hydrogen-bond acceptors (Lipinski definition) is 3. The maximum absolute atomic E-state index is 12.6. The Kier molecular flexibility index (Phi) is 4.49. The smallest absolute Gasteiger partial charge is 0.414 e. The summed E-state index contributed by atoms with van der Waals surface area (Å²) >= 11 is 6.00. The largest absolute Gasteiger partial charge is 0.447 e. The third-order valence-electron chi connectivity index (χ3n) is 4.62. The van der Waals surface area contributed by atoms with Gasteiger partial charge in [-0.25, -0.2) is 4.79 Å². The number of carbonyl (C=O) groups is 2. The molecule has 0 spiro atoms. The third kappa shape index (κ3) is 3.48. The van der Waals surface area contributed by atoms with Gasteiger partial charge in [0.2, 0.25) is 0 Å². The highest BCUT2D eigenvalue weighted by Gasteiger charge is 2.24. The average molecular weight is 384 g/mol. The molecule has 138 valence electrons. The van der Waals surface area contributed by atoms with Gasteiger partial charge in [0.15, 0.2) is 0 Å². The van der Waals surface area contributed by atoms with Crippen LogP contribution in [0.4, 0.5) is 10.5 Å². The number of nitrogens with zero attached hydrogens (tertiary/aromatic N) is 1. The SMILES string of the molecule is CC(NC(=O)c1cc2cc(Cl)ccc2[nH]1)c1cccc(N2CCOC2=O)c1. The maximum Gasteiger partial charge on any atom is 0.414 e. The van der Waals surface area contributed by atoms with Crippen molar-refractivity contribution in [2.24, 2.45) is 0 Å². The minimum Gasteiger partial charge on any atom is -0.447 e. The number of anilines is 1. The summed E-state index contributed by atoms with van der Waals surface area (Å²) in [6.45, 7) is 2.82. The summed E-state index contributed by atoms with van der Waals surface area (Å²) in [5.41, 5.74) is 2.99. The molecule has 4 rings (SSSR count). The fourth-order valence-corrected chi connectivity index (χ4v) is 3.35. The molecule has 1 fully saturated rings. The molecule has 2 amide bonds. The highest BCUT2D eigenvalue weighted by Crippen LogP contribution is 2.24. The van der Waals surface area contributed by atoms with Crippen molar-refractivity contribution in [3.63, 3.8) is 0 Å². The van der Waals surface area contributed by atoms with Crippen molar-refractivity contribution in [2.75, 3.05) is 18.1 Å². The van der Waals surface area contributed by atoms with Gasteiger partial charge in [-0.2, -0.15) is 0 Å². The summed E-state index contributed by atoms with van der Waals surface area (Å²) < 4.78 is 4.98. The number of hydrogen-bond donors (Lipinski definition) is 2. The van der Waals surface area contributed by atoms with Gasteiger partial charge in [0, 0.05) is 21.6 Å². The zero-order valence-electron chi connectivity index (χ0n) is 14.7. The Bertz CT molecular complexity index is 1030. The Morgan fingerprint density at radius 3 is 2.89 bits per heavy atom. The topological polar surface area (TPSA) is 74.4 Å². The summed E-state index contributed by atoms with van der Waals surface area (Å²) in [7, 11) is 0. The Hall–Kier alpha value is -2.99. The molecule has 7 heteroatoms. The first-order chi connectivity index (χ1) is 13.0. The lowest BCUT2D eigenvalue weighted by Gasteiger charge is -2.18. The highest BCUT2D eigenvalue weighted by atomic mass is 35.5. The summed E-state index contributed by atoms with van der Waals surface area (Å²) in [5, 5.41) is 4.49. The van der Waals surface area contributed by atoms with E-state index in [1.807, 2.05) is 43.3 Å².